The zero-order chi connectivity index (χ0) is 31.9. The summed E-state index contributed by atoms with van der Waals surface area (Å²) in [5.74, 6) is -2.06. The lowest BCUT2D eigenvalue weighted by Gasteiger charge is -2.31. The third-order valence-electron chi connectivity index (χ3n) is 5.20. The molecule has 0 spiro atoms. The molecule has 0 bridgehead atoms. The summed E-state index contributed by atoms with van der Waals surface area (Å²) in [6, 6.07) is 12.4. The number of aryl methyl sites for hydroxylation is 1. The third-order valence-corrected chi connectivity index (χ3v) is 5.20. The van der Waals surface area contributed by atoms with E-state index in [9.17, 15) is 19.2 Å². The summed E-state index contributed by atoms with van der Waals surface area (Å²) in [6.45, 7) is 16.8. The fourth-order valence-electron chi connectivity index (χ4n) is 3.55. The first kappa shape index (κ1) is 34.3. The van der Waals surface area contributed by atoms with E-state index < -0.39 is 47.0 Å². The number of ether oxygens (including phenoxy) is 4. The van der Waals surface area contributed by atoms with E-state index in [4.69, 9.17) is 18.9 Å². The highest BCUT2D eigenvalue weighted by atomic mass is 16.6. The zero-order valence-corrected chi connectivity index (χ0v) is 26.2. The van der Waals surface area contributed by atoms with Crippen LogP contribution >= 0.6 is 0 Å². The fraction of sp³-hybridized carbons (Fsp3) is 0.500. The molecular weight excluding hydrogens is 540 g/mol. The molecule has 10 heteroatoms. The van der Waals surface area contributed by atoms with Crippen molar-refractivity contribution in [1.29, 1.82) is 0 Å². The molecule has 0 aromatic heterocycles. The van der Waals surface area contributed by atoms with Crippen LogP contribution in [0.25, 0.3) is 0 Å². The average Bonchev–Trinajstić information content (AvgIpc) is 2.80. The van der Waals surface area contributed by atoms with Gasteiger partial charge in [-0.3, -0.25) is 4.79 Å². The second kappa shape index (κ2) is 13.8. The van der Waals surface area contributed by atoms with Gasteiger partial charge in [-0.25, -0.2) is 14.4 Å². The van der Waals surface area contributed by atoms with E-state index >= 15 is 0 Å². The van der Waals surface area contributed by atoms with Crippen LogP contribution in [0.4, 0.5) is 10.5 Å². The predicted molar refractivity (Wildman–Crippen MR) is 159 cm³/mol. The van der Waals surface area contributed by atoms with Crippen LogP contribution in [0, 0.1) is 6.92 Å². The largest absolute Gasteiger partial charge is 0.458 e. The maximum atomic E-state index is 13.3. The molecule has 42 heavy (non-hydrogen) atoms. The first-order valence-electron chi connectivity index (χ1n) is 13.8. The lowest BCUT2D eigenvalue weighted by atomic mass is 10.1. The van der Waals surface area contributed by atoms with Crippen LogP contribution in [-0.4, -0.2) is 52.9 Å². The molecule has 2 rings (SSSR count). The lowest BCUT2D eigenvalue weighted by molar-refractivity contribution is -0.180. The van der Waals surface area contributed by atoms with Crippen LogP contribution in [0.15, 0.2) is 48.5 Å². The molecule has 0 heterocycles. The molecule has 0 saturated heterocycles. The van der Waals surface area contributed by atoms with E-state index in [1.165, 1.54) is 0 Å². The van der Waals surface area contributed by atoms with E-state index in [1.807, 2.05) is 19.1 Å². The van der Waals surface area contributed by atoms with Gasteiger partial charge in [-0.05, 0) is 99.1 Å². The SMILES string of the molecule is Cc1ccc(C(=O)Nc2cccc(CO[C@H](C(=O)OC(C)(C)C)[C@@H](NC(=O)OC(C)(C)C)C(=O)OC(C)(C)C)c2)cc1. The number of benzene rings is 2. The Morgan fingerprint density at radius 2 is 1.29 bits per heavy atom. The maximum absolute atomic E-state index is 13.3. The van der Waals surface area contributed by atoms with E-state index in [0.29, 0.717) is 16.8 Å². The number of carbonyl (C=O) groups excluding carboxylic acids is 4. The highest BCUT2D eigenvalue weighted by Crippen LogP contribution is 2.20. The number of esters is 2. The summed E-state index contributed by atoms with van der Waals surface area (Å²) < 4.78 is 22.4. The second-order valence-electron chi connectivity index (χ2n) is 12.9. The normalized spacial score (nSPS) is 13.4. The Labute approximate surface area is 248 Å². The molecule has 2 amide bonds. The van der Waals surface area contributed by atoms with Crippen molar-refractivity contribution in [2.24, 2.45) is 0 Å². The Hall–Kier alpha value is -3.92. The van der Waals surface area contributed by atoms with Gasteiger partial charge >= 0.3 is 18.0 Å². The molecule has 230 valence electrons. The molecule has 0 unspecified atom stereocenters. The van der Waals surface area contributed by atoms with Crippen molar-refractivity contribution in [3.63, 3.8) is 0 Å². The minimum atomic E-state index is -1.59. The fourth-order valence-corrected chi connectivity index (χ4v) is 3.55. The van der Waals surface area contributed by atoms with Crippen molar-refractivity contribution in [3.05, 3.63) is 65.2 Å². The number of carbonyl (C=O) groups is 4. The first-order chi connectivity index (χ1) is 19.2. The van der Waals surface area contributed by atoms with Gasteiger partial charge < -0.3 is 29.6 Å². The van der Waals surface area contributed by atoms with Crippen LogP contribution in [-0.2, 0) is 35.1 Å². The lowest BCUT2D eigenvalue weighted by Crippen LogP contribution is -2.56. The number of amides is 2. The van der Waals surface area contributed by atoms with Crippen molar-refractivity contribution in [2.75, 3.05) is 5.32 Å². The predicted octanol–water partition coefficient (Wildman–Crippen LogP) is 5.71. The summed E-state index contributed by atoms with van der Waals surface area (Å²) in [5.41, 5.74) is -0.0707. The number of hydrogen-bond acceptors (Lipinski definition) is 8. The summed E-state index contributed by atoms with van der Waals surface area (Å²) in [4.78, 5) is 52.1. The van der Waals surface area contributed by atoms with Gasteiger partial charge in [0.25, 0.3) is 5.91 Å². The van der Waals surface area contributed by atoms with Gasteiger partial charge in [0.1, 0.15) is 16.8 Å². The monoisotopic (exact) mass is 584 g/mol. The molecule has 10 nitrogen and oxygen atoms in total. The summed E-state index contributed by atoms with van der Waals surface area (Å²) in [6.07, 6.45) is -2.52. The highest BCUT2D eigenvalue weighted by molar-refractivity contribution is 6.04. The van der Waals surface area contributed by atoms with Crippen LogP contribution < -0.4 is 10.6 Å². The van der Waals surface area contributed by atoms with Gasteiger partial charge in [0, 0.05) is 11.3 Å². The molecule has 0 aliphatic rings. The Morgan fingerprint density at radius 3 is 1.83 bits per heavy atom. The van der Waals surface area contributed by atoms with E-state index in [1.54, 1.807) is 98.7 Å². The first-order valence-corrected chi connectivity index (χ1v) is 13.8. The number of rotatable bonds is 9. The summed E-state index contributed by atoms with van der Waals surface area (Å²) >= 11 is 0. The summed E-state index contributed by atoms with van der Waals surface area (Å²) in [7, 11) is 0. The molecule has 0 saturated carbocycles. The van der Waals surface area contributed by atoms with Gasteiger partial charge in [-0.15, -0.1) is 0 Å². The van der Waals surface area contributed by atoms with Crippen LogP contribution in [0.5, 0.6) is 0 Å². The maximum Gasteiger partial charge on any atom is 0.408 e. The van der Waals surface area contributed by atoms with Crippen molar-refractivity contribution in [1.82, 2.24) is 5.32 Å². The summed E-state index contributed by atoms with van der Waals surface area (Å²) in [5, 5.41) is 5.28. The molecule has 2 aromatic rings. The van der Waals surface area contributed by atoms with Crippen LogP contribution in [0.1, 0.15) is 83.8 Å². The Morgan fingerprint density at radius 1 is 0.738 bits per heavy atom. The van der Waals surface area contributed by atoms with E-state index in [0.717, 1.165) is 5.56 Å². The quantitative estimate of drug-likeness (QED) is 0.283. The van der Waals surface area contributed by atoms with Crippen LogP contribution in [0.2, 0.25) is 0 Å². The van der Waals surface area contributed by atoms with Gasteiger partial charge in [0.05, 0.1) is 6.61 Å². The molecule has 0 aliphatic heterocycles. The van der Waals surface area contributed by atoms with Gasteiger partial charge in [0.2, 0.25) is 0 Å². The number of anilines is 1. The minimum Gasteiger partial charge on any atom is -0.458 e. The van der Waals surface area contributed by atoms with E-state index in [2.05, 4.69) is 10.6 Å². The van der Waals surface area contributed by atoms with Crippen molar-refractivity contribution >= 4 is 29.6 Å². The number of nitrogens with one attached hydrogen (secondary N) is 2. The Balaban J connectivity index is 2.34. The second-order valence-corrected chi connectivity index (χ2v) is 12.9. The van der Waals surface area contributed by atoms with Crippen LogP contribution in [0.3, 0.4) is 0 Å². The zero-order valence-electron chi connectivity index (χ0n) is 26.2. The highest BCUT2D eigenvalue weighted by Gasteiger charge is 2.42. The molecule has 2 atom stereocenters. The molecular formula is C32H44N2O8. The van der Waals surface area contributed by atoms with Crippen molar-refractivity contribution in [3.8, 4) is 0 Å². The Kier molecular flexibility index (Phi) is 11.3. The molecule has 0 fully saturated rings. The number of hydrogen-bond donors (Lipinski definition) is 2. The van der Waals surface area contributed by atoms with Gasteiger partial charge in [-0.2, -0.15) is 0 Å². The average molecular weight is 585 g/mol. The van der Waals surface area contributed by atoms with E-state index in [-0.39, 0.29) is 12.5 Å². The molecule has 0 radical (unpaired) electrons. The topological polar surface area (TPSA) is 129 Å². The smallest absolute Gasteiger partial charge is 0.408 e. The molecule has 2 aromatic carbocycles. The number of alkyl carbamates (subject to hydrolysis) is 1. The molecule has 2 N–H and O–H groups in total. The van der Waals surface area contributed by atoms with Crippen molar-refractivity contribution < 1.29 is 38.1 Å². The standard InChI is InChI=1S/C32H44N2O8/c1-20-14-16-22(17-15-20)26(35)33-23-13-11-12-21(18-23)19-39-25(28(37)41-31(5,6)7)24(27(36)40-30(2,3)4)34-29(38)42-32(8,9)10/h11-18,24-25H,19H2,1-10H3,(H,33,35)(H,34,38)/t24-,25+/m1/s1. The minimum absolute atomic E-state index is 0.159. The Bertz CT molecular complexity index is 1250. The van der Waals surface area contributed by atoms with Crippen molar-refractivity contribution in [2.45, 2.75) is 105 Å². The molecule has 0 aliphatic carbocycles. The van der Waals surface area contributed by atoms with Gasteiger partial charge in [-0.1, -0.05) is 29.8 Å². The third kappa shape index (κ3) is 12.3. The van der Waals surface area contributed by atoms with Gasteiger partial charge in [0.15, 0.2) is 12.1 Å².